The van der Waals surface area contributed by atoms with Crippen molar-refractivity contribution in [2.75, 3.05) is 23.7 Å². The van der Waals surface area contributed by atoms with Gasteiger partial charge in [0.1, 0.15) is 18.4 Å². The van der Waals surface area contributed by atoms with Gasteiger partial charge in [-0.15, -0.1) is 0 Å². The molecular weight excluding hydrogens is 433 g/mol. The molecule has 1 atom stereocenters. The third-order valence-corrected chi connectivity index (χ3v) is 6.26. The number of rotatable bonds is 9. The van der Waals surface area contributed by atoms with Gasteiger partial charge in [0, 0.05) is 13.1 Å². The lowest BCUT2D eigenvalue weighted by atomic mass is 10.1. The summed E-state index contributed by atoms with van der Waals surface area (Å²) >= 11 is 0. The molecular formula is C23H30FN3O4S. The van der Waals surface area contributed by atoms with Crippen LogP contribution in [0.1, 0.15) is 30.5 Å². The Kier molecular flexibility index (Phi) is 8.38. The first-order valence-corrected chi connectivity index (χ1v) is 12.2. The third-order valence-electron chi connectivity index (χ3n) is 5.15. The summed E-state index contributed by atoms with van der Waals surface area (Å²) in [5.74, 6) is -1.32. The summed E-state index contributed by atoms with van der Waals surface area (Å²) in [7, 11) is -3.79. The molecule has 0 bridgehead atoms. The van der Waals surface area contributed by atoms with Crippen molar-refractivity contribution in [1.29, 1.82) is 0 Å². The molecule has 2 aromatic rings. The number of aryl methyl sites for hydroxylation is 2. The lowest BCUT2D eigenvalue weighted by molar-refractivity contribution is -0.139. The Morgan fingerprint density at radius 3 is 2.12 bits per heavy atom. The first-order valence-electron chi connectivity index (χ1n) is 10.3. The molecule has 0 saturated heterocycles. The second-order valence-electron chi connectivity index (χ2n) is 7.73. The molecule has 2 aromatic carbocycles. The molecule has 1 N–H and O–H groups in total. The number of likely N-dealkylation sites (N-methyl/N-ethyl adjacent to an activating group) is 1. The fraction of sp³-hybridized carbons (Fsp3) is 0.391. The van der Waals surface area contributed by atoms with E-state index >= 15 is 0 Å². The summed E-state index contributed by atoms with van der Waals surface area (Å²) < 4.78 is 39.7. The monoisotopic (exact) mass is 463 g/mol. The predicted octanol–water partition coefficient (Wildman–Crippen LogP) is 2.76. The number of carbonyl (C=O) groups excluding carboxylic acids is 2. The maximum absolute atomic E-state index is 13.4. The molecule has 32 heavy (non-hydrogen) atoms. The number of amides is 2. The van der Waals surface area contributed by atoms with Crippen LogP contribution in [0.15, 0.2) is 42.5 Å². The van der Waals surface area contributed by atoms with Gasteiger partial charge >= 0.3 is 0 Å². The standard InChI is InChI=1S/C23H30FN3O4S/c1-6-25-23(29)18(4)26(14-19-10-12-20(24)13-11-19)21(28)15-27(32(5,30)31)22-16(2)8-7-9-17(22)3/h7-13,18H,6,14-15H2,1-5H3,(H,25,29)/t18-/m0/s1. The van der Waals surface area contributed by atoms with Crippen LogP contribution in [-0.4, -0.2) is 50.5 Å². The molecule has 0 aromatic heterocycles. The first kappa shape index (κ1) is 25.3. The normalized spacial score (nSPS) is 12.2. The van der Waals surface area contributed by atoms with Gasteiger partial charge in [0.05, 0.1) is 11.9 Å². The van der Waals surface area contributed by atoms with E-state index in [4.69, 9.17) is 0 Å². The number of nitrogens with zero attached hydrogens (tertiary/aromatic N) is 2. The van der Waals surface area contributed by atoms with Gasteiger partial charge in [-0.2, -0.15) is 0 Å². The molecule has 7 nitrogen and oxygen atoms in total. The summed E-state index contributed by atoms with van der Waals surface area (Å²) in [5.41, 5.74) is 2.49. The Morgan fingerprint density at radius 1 is 1.06 bits per heavy atom. The SMILES string of the molecule is CCNC(=O)[C@H](C)N(Cc1ccc(F)cc1)C(=O)CN(c1c(C)cccc1C)S(C)(=O)=O. The van der Waals surface area contributed by atoms with Gasteiger partial charge < -0.3 is 10.2 Å². The van der Waals surface area contributed by atoms with Gasteiger partial charge in [-0.3, -0.25) is 13.9 Å². The van der Waals surface area contributed by atoms with E-state index in [-0.39, 0.29) is 12.5 Å². The molecule has 0 fully saturated rings. The van der Waals surface area contributed by atoms with Gasteiger partial charge in [-0.25, -0.2) is 12.8 Å². The highest BCUT2D eigenvalue weighted by molar-refractivity contribution is 7.92. The Hall–Kier alpha value is -2.94. The molecule has 2 rings (SSSR count). The maximum Gasteiger partial charge on any atom is 0.244 e. The van der Waals surface area contributed by atoms with Crippen molar-refractivity contribution >= 4 is 27.5 Å². The molecule has 0 radical (unpaired) electrons. The molecule has 0 unspecified atom stereocenters. The van der Waals surface area contributed by atoms with E-state index < -0.39 is 34.3 Å². The van der Waals surface area contributed by atoms with Crippen molar-refractivity contribution in [3.05, 3.63) is 65.0 Å². The van der Waals surface area contributed by atoms with Gasteiger partial charge in [-0.1, -0.05) is 30.3 Å². The summed E-state index contributed by atoms with van der Waals surface area (Å²) in [5, 5.41) is 2.68. The minimum Gasteiger partial charge on any atom is -0.355 e. The highest BCUT2D eigenvalue weighted by Gasteiger charge is 2.30. The minimum atomic E-state index is -3.79. The summed E-state index contributed by atoms with van der Waals surface area (Å²) in [6.45, 7) is 6.85. The molecule has 0 spiro atoms. The Labute approximate surface area is 189 Å². The summed E-state index contributed by atoms with van der Waals surface area (Å²) in [6, 6.07) is 10.1. The molecule has 0 heterocycles. The number of benzene rings is 2. The number of carbonyl (C=O) groups is 2. The highest BCUT2D eigenvalue weighted by Crippen LogP contribution is 2.27. The van der Waals surface area contributed by atoms with Gasteiger partial charge in [0.15, 0.2) is 0 Å². The number of nitrogens with one attached hydrogen (secondary N) is 1. The average Bonchev–Trinajstić information content (AvgIpc) is 2.71. The van der Waals surface area contributed by atoms with Crippen LogP contribution in [0.3, 0.4) is 0 Å². The maximum atomic E-state index is 13.4. The van der Waals surface area contributed by atoms with Crippen molar-refractivity contribution < 1.29 is 22.4 Å². The van der Waals surface area contributed by atoms with Crippen molar-refractivity contribution in [3.63, 3.8) is 0 Å². The van der Waals surface area contributed by atoms with Crippen LogP contribution in [0, 0.1) is 19.7 Å². The van der Waals surface area contributed by atoms with E-state index in [0.717, 1.165) is 10.6 Å². The smallest absolute Gasteiger partial charge is 0.244 e. The number of sulfonamides is 1. The van der Waals surface area contributed by atoms with Gasteiger partial charge in [0.25, 0.3) is 0 Å². The summed E-state index contributed by atoms with van der Waals surface area (Å²) in [4.78, 5) is 27.2. The average molecular weight is 464 g/mol. The van der Waals surface area contributed by atoms with E-state index in [2.05, 4.69) is 5.32 Å². The quantitative estimate of drug-likeness (QED) is 0.620. The van der Waals surface area contributed by atoms with Gasteiger partial charge in [0.2, 0.25) is 21.8 Å². The highest BCUT2D eigenvalue weighted by atomic mass is 32.2. The topological polar surface area (TPSA) is 86.8 Å². The van der Waals surface area contributed by atoms with Crippen LogP contribution < -0.4 is 9.62 Å². The molecule has 9 heteroatoms. The zero-order valence-corrected chi connectivity index (χ0v) is 19.9. The zero-order chi connectivity index (χ0) is 24.1. The van der Waals surface area contributed by atoms with E-state index in [1.54, 1.807) is 39.8 Å². The molecule has 0 aliphatic carbocycles. The van der Waals surface area contributed by atoms with Crippen LogP contribution >= 0.6 is 0 Å². The number of hydrogen-bond acceptors (Lipinski definition) is 4. The van der Waals surface area contributed by atoms with Gasteiger partial charge in [-0.05, 0) is 56.5 Å². The number of para-hydroxylation sites is 1. The minimum absolute atomic E-state index is 0.0295. The second-order valence-corrected chi connectivity index (χ2v) is 9.64. The zero-order valence-electron chi connectivity index (χ0n) is 19.1. The second kappa shape index (κ2) is 10.6. The van der Waals surface area contributed by atoms with Crippen molar-refractivity contribution in [2.24, 2.45) is 0 Å². The van der Waals surface area contributed by atoms with E-state index in [1.807, 2.05) is 6.07 Å². The molecule has 0 saturated carbocycles. The lowest BCUT2D eigenvalue weighted by Gasteiger charge is -2.32. The van der Waals surface area contributed by atoms with Crippen LogP contribution in [-0.2, 0) is 26.2 Å². The van der Waals surface area contributed by atoms with Crippen LogP contribution in [0.25, 0.3) is 0 Å². The Bertz CT molecular complexity index is 1050. The molecule has 0 aliphatic rings. The number of anilines is 1. The summed E-state index contributed by atoms with van der Waals surface area (Å²) in [6.07, 6.45) is 1.05. The van der Waals surface area contributed by atoms with E-state index in [9.17, 15) is 22.4 Å². The van der Waals surface area contributed by atoms with Crippen molar-refractivity contribution in [1.82, 2.24) is 10.2 Å². The van der Waals surface area contributed by atoms with Crippen LogP contribution in [0.4, 0.5) is 10.1 Å². The number of halogens is 1. The fourth-order valence-electron chi connectivity index (χ4n) is 3.47. The molecule has 0 aliphatic heterocycles. The Morgan fingerprint density at radius 2 is 1.62 bits per heavy atom. The van der Waals surface area contributed by atoms with Crippen molar-refractivity contribution in [3.8, 4) is 0 Å². The number of hydrogen-bond donors (Lipinski definition) is 1. The van der Waals surface area contributed by atoms with Crippen LogP contribution in [0.5, 0.6) is 0 Å². The van der Waals surface area contributed by atoms with Crippen molar-refractivity contribution in [2.45, 2.75) is 40.3 Å². The third kappa shape index (κ3) is 6.29. The van der Waals surface area contributed by atoms with E-state index in [0.29, 0.717) is 28.9 Å². The molecule has 174 valence electrons. The fourth-order valence-corrected chi connectivity index (χ4v) is 4.43. The van der Waals surface area contributed by atoms with Crippen LogP contribution in [0.2, 0.25) is 0 Å². The van der Waals surface area contributed by atoms with E-state index in [1.165, 1.54) is 29.2 Å². The lowest BCUT2D eigenvalue weighted by Crippen LogP contribution is -2.51. The largest absolute Gasteiger partial charge is 0.355 e. The Balaban J connectivity index is 2.43. The first-order chi connectivity index (χ1) is 15.0. The predicted molar refractivity (Wildman–Crippen MR) is 123 cm³/mol. The molecule has 2 amide bonds.